The Labute approximate surface area is 114 Å². The summed E-state index contributed by atoms with van der Waals surface area (Å²) in [7, 11) is 1.45. The number of halogens is 1. The summed E-state index contributed by atoms with van der Waals surface area (Å²) >= 11 is 0. The van der Waals surface area contributed by atoms with Gasteiger partial charge >= 0.3 is 5.97 Å². The molecule has 0 aliphatic carbocycles. The normalized spacial score (nSPS) is 10.3. The predicted octanol–water partition coefficient (Wildman–Crippen LogP) is 1.05. The largest absolute Gasteiger partial charge is 0.497 e. The minimum Gasteiger partial charge on any atom is -0.497 e. The molecule has 0 unspecified atom stereocenters. The molecule has 0 aliphatic heterocycles. The zero-order chi connectivity index (χ0) is 14.5. The average Bonchev–Trinajstić information content (AvgIpc) is 2.89. The van der Waals surface area contributed by atoms with Crippen LogP contribution in [0.1, 0.15) is 23.1 Å². The van der Waals surface area contributed by atoms with Gasteiger partial charge in [-0.3, -0.25) is 0 Å². The molecular weight excluding hydrogens is 267 g/mol. The van der Waals surface area contributed by atoms with E-state index in [1.165, 1.54) is 17.9 Å². The maximum atomic E-state index is 13.8. The third kappa shape index (κ3) is 2.90. The van der Waals surface area contributed by atoms with Crippen LogP contribution in [0.25, 0.3) is 0 Å². The van der Waals surface area contributed by atoms with E-state index < -0.39 is 11.8 Å². The molecule has 1 aromatic carbocycles. The van der Waals surface area contributed by atoms with Crippen LogP contribution < -0.4 is 4.74 Å². The molecule has 106 valence electrons. The number of carbonyl (C=O) groups is 1. The Kier molecular flexibility index (Phi) is 4.24. The molecule has 2 aromatic rings. The van der Waals surface area contributed by atoms with Crippen LogP contribution in [0.5, 0.6) is 5.75 Å². The Bertz CT molecular complexity index is 614. The van der Waals surface area contributed by atoms with Crippen molar-refractivity contribution in [1.82, 2.24) is 20.2 Å². The van der Waals surface area contributed by atoms with E-state index in [1.807, 2.05) is 0 Å². The summed E-state index contributed by atoms with van der Waals surface area (Å²) in [6.07, 6.45) is 0. The van der Waals surface area contributed by atoms with Crippen LogP contribution in [0.15, 0.2) is 18.2 Å². The van der Waals surface area contributed by atoms with Crippen LogP contribution in [0, 0.1) is 5.82 Å². The van der Waals surface area contributed by atoms with Crippen molar-refractivity contribution in [2.75, 3.05) is 13.7 Å². The smallest absolute Gasteiger partial charge is 0.378 e. The summed E-state index contributed by atoms with van der Waals surface area (Å²) in [5.74, 6) is -0.767. The van der Waals surface area contributed by atoms with Crippen molar-refractivity contribution in [3.8, 4) is 5.75 Å². The molecule has 1 aromatic heterocycles. The first-order valence-corrected chi connectivity index (χ1v) is 5.91. The monoisotopic (exact) mass is 280 g/mol. The average molecular weight is 280 g/mol. The number of ether oxygens (including phenoxy) is 2. The highest BCUT2D eigenvalue weighted by atomic mass is 19.1. The van der Waals surface area contributed by atoms with E-state index in [1.54, 1.807) is 19.1 Å². The van der Waals surface area contributed by atoms with Gasteiger partial charge in [0, 0.05) is 11.6 Å². The quantitative estimate of drug-likeness (QED) is 0.761. The SMILES string of the molecule is CCOC(=O)c1nnnn1Cc1ccc(OC)cc1F. The Morgan fingerprint density at radius 1 is 1.45 bits per heavy atom. The zero-order valence-corrected chi connectivity index (χ0v) is 11.0. The van der Waals surface area contributed by atoms with E-state index in [0.29, 0.717) is 11.3 Å². The van der Waals surface area contributed by atoms with Gasteiger partial charge in [0.25, 0.3) is 5.82 Å². The highest BCUT2D eigenvalue weighted by molar-refractivity contribution is 5.85. The van der Waals surface area contributed by atoms with Gasteiger partial charge in [-0.25, -0.2) is 13.9 Å². The maximum absolute atomic E-state index is 13.8. The van der Waals surface area contributed by atoms with E-state index in [-0.39, 0.29) is 19.0 Å². The molecule has 0 atom stereocenters. The maximum Gasteiger partial charge on any atom is 0.378 e. The second kappa shape index (κ2) is 6.09. The molecule has 0 N–H and O–H groups in total. The van der Waals surface area contributed by atoms with Crippen LogP contribution in [-0.4, -0.2) is 39.9 Å². The van der Waals surface area contributed by atoms with Gasteiger partial charge in [0.1, 0.15) is 11.6 Å². The second-order valence-electron chi connectivity index (χ2n) is 3.84. The number of tetrazole rings is 1. The van der Waals surface area contributed by atoms with E-state index in [9.17, 15) is 9.18 Å². The van der Waals surface area contributed by atoms with Crippen molar-refractivity contribution in [2.45, 2.75) is 13.5 Å². The number of benzene rings is 1. The molecule has 0 bridgehead atoms. The fraction of sp³-hybridized carbons (Fsp3) is 0.333. The highest BCUT2D eigenvalue weighted by Crippen LogP contribution is 2.17. The van der Waals surface area contributed by atoms with Crippen LogP contribution >= 0.6 is 0 Å². The summed E-state index contributed by atoms with van der Waals surface area (Å²) in [6, 6.07) is 4.42. The molecule has 0 aliphatic rings. The molecular formula is C12H13FN4O3. The molecule has 7 nitrogen and oxygen atoms in total. The Balaban J connectivity index is 2.22. The fourth-order valence-electron chi connectivity index (χ4n) is 1.60. The first-order valence-electron chi connectivity index (χ1n) is 5.91. The Hall–Kier alpha value is -2.51. The van der Waals surface area contributed by atoms with E-state index in [2.05, 4.69) is 15.5 Å². The van der Waals surface area contributed by atoms with Crippen LogP contribution in [0.2, 0.25) is 0 Å². The summed E-state index contributed by atoms with van der Waals surface area (Å²) < 4.78 is 24.7. The van der Waals surface area contributed by atoms with E-state index in [0.717, 1.165) is 0 Å². The Morgan fingerprint density at radius 2 is 2.25 bits per heavy atom. The summed E-state index contributed by atoms with van der Waals surface area (Å²) in [4.78, 5) is 11.6. The third-order valence-electron chi connectivity index (χ3n) is 2.57. The number of rotatable bonds is 5. The number of aromatic nitrogens is 4. The van der Waals surface area contributed by atoms with E-state index >= 15 is 0 Å². The van der Waals surface area contributed by atoms with Gasteiger partial charge in [-0.2, -0.15) is 0 Å². The molecule has 20 heavy (non-hydrogen) atoms. The number of hydrogen-bond donors (Lipinski definition) is 0. The first kappa shape index (κ1) is 13.9. The molecule has 8 heteroatoms. The minimum absolute atomic E-state index is 0.0248. The van der Waals surface area contributed by atoms with Crippen molar-refractivity contribution >= 4 is 5.97 Å². The minimum atomic E-state index is -0.647. The Morgan fingerprint density at radius 3 is 2.90 bits per heavy atom. The van der Waals surface area contributed by atoms with Gasteiger partial charge in [0.15, 0.2) is 0 Å². The molecule has 0 saturated carbocycles. The lowest BCUT2D eigenvalue weighted by Gasteiger charge is -2.07. The topological polar surface area (TPSA) is 79.1 Å². The second-order valence-corrected chi connectivity index (χ2v) is 3.84. The van der Waals surface area contributed by atoms with Crippen molar-refractivity contribution in [3.63, 3.8) is 0 Å². The van der Waals surface area contributed by atoms with Crippen molar-refractivity contribution in [1.29, 1.82) is 0 Å². The number of carbonyl (C=O) groups excluding carboxylic acids is 1. The zero-order valence-electron chi connectivity index (χ0n) is 11.0. The molecule has 0 fully saturated rings. The van der Waals surface area contributed by atoms with Gasteiger partial charge in [-0.15, -0.1) is 5.10 Å². The van der Waals surface area contributed by atoms with Gasteiger partial charge in [0.2, 0.25) is 0 Å². The van der Waals surface area contributed by atoms with Gasteiger partial charge < -0.3 is 9.47 Å². The first-order chi connectivity index (χ1) is 9.65. The van der Waals surface area contributed by atoms with Crippen LogP contribution in [0.4, 0.5) is 4.39 Å². The molecule has 0 radical (unpaired) electrons. The van der Waals surface area contributed by atoms with E-state index in [4.69, 9.17) is 9.47 Å². The lowest BCUT2D eigenvalue weighted by Crippen LogP contribution is -2.15. The number of methoxy groups -OCH3 is 1. The summed E-state index contributed by atoms with van der Waals surface area (Å²) in [5, 5.41) is 10.6. The molecule has 0 spiro atoms. The van der Waals surface area contributed by atoms with Crippen molar-refractivity contribution < 1.29 is 18.7 Å². The number of esters is 1. The number of nitrogens with zero attached hydrogens (tertiary/aromatic N) is 4. The molecule has 2 rings (SSSR count). The predicted molar refractivity (Wildman–Crippen MR) is 65.8 cm³/mol. The summed E-state index contributed by atoms with van der Waals surface area (Å²) in [5.41, 5.74) is 0.337. The van der Waals surface area contributed by atoms with Crippen LogP contribution in [-0.2, 0) is 11.3 Å². The van der Waals surface area contributed by atoms with Crippen molar-refractivity contribution in [3.05, 3.63) is 35.4 Å². The molecule has 0 saturated heterocycles. The third-order valence-corrected chi connectivity index (χ3v) is 2.57. The number of hydrogen-bond acceptors (Lipinski definition) is 6. The summed E-state index contributed by atoms with van der Waals surface area (Å²) in [6.45, 7) is 1.91. The fourth-order valence-corrected chi connectivity index (χ4v) is 1.60. The lowest BCUT2D eigenvalue weighted by atomic mass is 10.2. The standard InChI is InChI=1S/C12H13FN4O3/c1-3-20-12(18)11-14-15-16-17(11)7-8-4-5-9(19-2)6-10(8)13/h4-6H,3,7H2,1-2H3. The lowest BCUT2D eigenvalue weighted by molar-refractivity contribution is 0.0505. The molecule has 0 amide bonds. The van der Waals surface area contributed by atoms with Gasteiger partial charge in [-0.1, -0.05) is 6.07 Å². The highest BCUT2D eigenvalue weighted by Gasteiger charge is 2.17. The van der Waals surface area contributed by atoms with Crippen LogP contribution in [0.3, 0.4) is 0 Å². The van der Waals surface area contributed by atoms with Crippen molar-refractivity contribution in [2.24, 2.45) is 0 Å². The molecule has 1 heterocycles. The van der Waals surface area contributed by atoms with Gasteiger partial charge in [-0.05, 0) is 23.4 Å². The van der Waals surface area contributed by atoms with Gasteiger partial charge in [0.05, 0.1) is 20.3 Å².